The van der Waals surface area contributed by atoms with Gasteiger partial charge in [0.15, 0.2) is 21.3 Å². The number of pyridine rings is 1. The van der Waals surface area contributed by atoms with Crippen molar-refractivity contribution in [1.82, 2.24) is 25.1 Å². The number of benzene rings is 1. The Labute approximate surface area is 185 Å². The summed E-state index contributed by atoms with van der Waals surface area (Å²) in [5, 5.41) is 10.1. The maximum atomic E-state index is 13.6. The van der Waals surface area contributed by atoms with Crippen molar-refractivity contribution in [1.29, 1.82) is 0 Å². The Morgan fingerprint density at radius 1 is 1.18 bits per heavy atom. The second kappa shape index (κ2) is 8.54. The molecule has 172 valence electrons. The van der Waals surface area contributed by atoms with Gasteiger partial charge in [0.25, 0.3) is 0 Å². The zero-order valence-corrected chi connectivity index (χ0v) is 17.9. The fourth-order valence-corrected chi connectivity index (χ4v) is 3.65. The van der Waals surface area contributed by atoms with Gasteiger partial charge in [-0.3, -0.25) is 5.10 Å². The van der Waals surface area contributed by atoms with E-state index in [1.165, 1.54) is 24.4 Å². The lowest BCUT2D eigenvalue weighted by Crippen LogP contribution is -2.13. The second-order valence-electron chi connectivity index (χ2n) is 6.86. The average molecular weight is 479 g/mol. The summed E-state index contributed by atoms with van der Waals surface area (Å²) in [4.78, 5) is 13.7. The van der Waals surface area contributed by atoms with Gasteiger partial charge >= 0.3 is 6.61 Å². The number of H-pyrrole nitrogens is 1. The molecule has 0 bridgehead atoms. The van der Waals surface area contributed by atoms with Crippen LogP contribution in [0.4, 0.5) is 36.4 Å². The van der Waals surface area contributed by atoms with Crippen LogP contribution in [0.5, 0.6) is 5.75 Å². The minimum atomic E-state index is -3.71. The molecule has 3 aromatic heterocycles. The van der Waals surface area contributed by atoms with E-state index in [1.807, 2.05) is 0 Å². The van der Waals surface area contributed by atoms with E-state index in [4.69, 9.17) is 0 Å². The van der Waals surface area contributed by atoms with Crippen LogP contribution in [0.15, 0.2) is 47.6 Å². The van der Waals surface area contributed by atoms with Crippen molar-refractivity contribution in [2.45, 2.75) is 11.5 Å². The summed E-state index contributed by atoms with van der Waals surface area (Å²) >= 11 is 0. The average Bonchev–Trinajstić information content (AvgIpc) is 3.15. The van der Waals surface area contributed by atoms with Crippen molar-refractivity contribution in [2.75, 3.05) is 23.5 Å². The summed E-state index contributed by atoms with van der Waals surface area (Å²) in [5.41, 5.74) is 0.500. The van der Waals surface area contributed by atoms with Gasteiger partial charge in [0.2, 0.25) is 5.95 Å². The highest BCUT2D eigenvalue weighted by molar-refractivity contribution is 7.90. The van der Waals surface area contributed by atoms with Gasteiger partial charge < -0.3 is 15.0 Å². The van der Waals surface area contributed by atoms with Crippen molar-refractivity contribution in [3.8, 4) is 5.75 Å². The van der Waals surface area contributed by atoms with Crippen LogP contribution >= 0.6 is 0 Å². The van der Waals surface area contributed by atoms with Crippen molar-refractivity contribution >= 4 is 44.1 Å². The number of rotatable bonds is 7. The van der Waals surface area contributed by atoms with Crippen LogP contribution in [0.1, 0.15) is 0 Å². The first-order valence-corrected chi connectivity index (χ1v) is 11.1. The Hall–Kier alpha value is -3.94. The lowest BCUT2D eigenvalue weighted by Gasteiger charge is -2.16. The molecule has 0 spiro atoms. The minimum absolute atomic E-state index is 0.0390. The molecule has 1 aromatic carbocycles. The number of alkyl halides is 2. The number of nitrogens with zero attached hydrogens (tertiary/aromatic N) is 5. The molecule has 0 saturated heterocycles. The molecule has 4 aromatic rings. The van der Waals surface area contributed by atoms with Gasteiger partial charge in [0.1, 0.15) is 17.4 Å². The number of nitrogens with one attached hydrogen (secondary N) is 2. The van der Waals surface area contributed by atoms with Gasteiger partial charge in [-0.2, -0.15) is 18.9 Å². The van der Waals surface area contributed by atoms with Crippen LogP contribution in [0.3, 0.4) is 0 Å². The molecular weight excluding hydrogens is 463 g/mol. The summed E-state index contributed by atoms with van der Waals surface area (Å²) in [7, 11) is -2.07. The van der Waals surface area contributed by atoms with E-state index < -0.39 is 22.3 Å². The zero-order valence-electron chi connectivity index (χ0n) is 17.1. The lowest BCUT2D eigenvalue weighted by atomic mass is 10.3. The van der Waals surface area contributed by atoms with Gasteiger partial charge in [-0.15, -0.1) is 0 Å². The third-order valence-electron chi connectivity index (χ3n) is 4.45. The van der Waals surface area contributed by atoms with E-state index in [2.05, 4.69) is 35.2 Å². The molecule has 0 radical (unpaired) electrons. The summed E-state index contributed by atoms with van der Waals surface area (Å²) < 4.78 is 67.2. The Kier molecular flexibility index (Phi) is 5.76. The first-order valence-electron chi connectivity index (χ1n) is 9.23. The predicted molar refractivity (Wildman–Crippen MR) is 113 cm³/mol. The van der Waals surface area contributed by atoms with Crippen LogP contribution in [-0.4, -0.2) is 53.5 Å². The monoisotopic (exact) mass is 479 g/mol. The minimum Gasteiger partial charge on any atom is -0.435 e. The van der Waals surface area contributed by atoms with Crippen LogP contribution < -0.4 is 15.0 Å². The normalized spacial score (nSPS) is 11.7. The van der Waals surface area contributed by atoms with Crippen LogP contribution in [0, 0.1) is 5.82 Å². The molecule has 0 fully saturated rings. The molecule has 0 aliphatic carbocycles. The third-order valence-corrected chi connectivity index (χ3v) is 5.55. The summed E-state index contributed by atoms with van der Waals surface area (Å²) in [6.07, 6.45) is 3.43. The van der Waals surface area contributed by atoms with E-state index in [0.29, 0.717) is 22.7 Å². The van der Waals surface area contributed by atoms with Crippen LogP contribution in [0.25, 0.3) is 11.0 Å². The molecule has 0 saturated carbocycles. The molecule has 10 nitrogen and oxygen atoms in total. The van der Waals surface area contributed by atoms with Crippen molar-refractivity contribution in [3.05, 3.63) is 48.5 Å². The van der Waals surface area contributed by atoms with Crippen molar-refractivity contribution in [3.63, 3.8) is 0 Å². The second-order valence-corrected chi connectivity index (χ2v) is 8.88. The first-order chi connectivity index (χ1) is 15.6. The third kappa shape index (κ3) is 4.95. The summed E-state index contributed by atoms with van der Waals surface area (Å²) in [6, 6.07) is 6.27. The van der Waals surface area contributed by atoms with E-state index in [0.717, 1.165) is 18.5 Å². The largest absolute Gasteiger partial charge is 0.435 e. The highest BCUT2D eigenvalue weighted by Gasteiger charge is 2.17. The summed E-state index contributed by atoms with van der Waals surface area (Å²) in [6.45, 7) is -3.14. The van der Waals surface area contributed by atoms with Gasteiger partial charge in [-0.1, -0.05) is 0 Å². The van der Waals surface area contributed by atoms with Crippen molar-refractivity contribution < 1.29 is 26.3 Å². The van der Waals surface area contributed by atoms with Gasteiger partial charge in [-0.05, 0) is 24.3 Å². The summed E-state index contributed by atoms with van der Waals surface area (Å²) in [5.74, 6) is -0.128. The number of hydrogen-bond acceptors (Lipinski definition) is 9. The molecule has 14 heteroatoms. The molecule has 0 atom stereocenters. The molecule has 33 heavy (non-hydrogen) atoms. The van der Waals surface area contributed by atoms with Crippen molar-refractivity contribution in [2.24, 2.45) is 0 Å². The number of aromatic amines is 1. The van der Waals surface area contributed by atoms with Gasteiger partial charge in [0.05, 0.1) is 16.5 Å². The molecule has 0 unspecified atom stereocenters. The van der Waals surface area contributed by atoms with E-state index in [-0.39, 0.29) is 22.3 Å². The molecule has 2 N–H and O–H groups in total. The van der Waals surface area contributed by atoms with Gasteiger partial charge in [0, 0.05) is 31.3 Å². The standard InChI is InChI=1S/C19H16F3N7O3S/c1-29(17-14-5-10(20)9-24-16(14)27-28-17)15-3-4-23-19(26-15)25-11-6-12(32-18(21)22)8-13(7-11)33(2,30)31/h3-9,18H,1-2H3,(H,23,25,26)(H,24,27,28). The number of aromatic nitrogens is 5. The SMILES string of the molecule is CN(c1ccnc(Nc2cc(OC(F)F)cc(S(C)(=O)=O)c2)n1)c1n[nH]c2ncc(F)cc12. The maximum absolute atomic E-state index is 13.6. The number of hydrogen-bond donors (Lipinski definition) is 2. The smallest absolute Gasteiger partial charge is 0.387 e. The van der Waals surface area contributed by atoms with E-state index >= 15 is 0 Å². The Bertz CT molecular complexity index is 1430. The predicted octanol–water partition coefficient (Wildman–Crippen LogP) is 3.40. The van der Waals surface area contributed by atoms with E-state index in [9.17, 15) is 21.6 Å². The first kappa shape index (κ1) is 22.3. The quantitative estimate of drug-likeness (QED) is 0.410. The van der Waals surface area contributed by atoms with E-state index in [1.54, 1.807) is 18.0 Å². The topological polar surface area (TPSA) is 126 Å². The van der Waals surface area contributed by atoms with Crippen LogP contribution in [-0.2, 0) is 9.84 Å². The molecule has 0 aliphatic rings. The Balaban J connectivity index is 1.66. The molecule has 0 amide bonds. The van der Waals surface area contributed by atoms with Crippen LogP contribution in [0.2, 0.25) is 0 Å². The molecule has 3 heterocycles. The zero-order chi connectivity index (χ0) is 23.8. The molecular formula is C19H16F3N7O3S. The Morgan fingerprint density at radius 2 is 1.97 bits per heavy atom. The number of anilines is 4. The number of sulfone groups is 1. The fraction of sp³-hybridized carbons (Fsp3) is 0.158. The molecule has 0 aliphatic heterocycles. The highest BCUT2D eigenvalue weighted by Crippen LogP contribution is 2.29. The number of halogens is 3. The number of ether oxygens (including phenoxy) is 1. The highest BCUT2D eigenvalue weighted by atomic mass is 32.2. The molecule has 4 rings (SSSR count). The van der Waals surface area contributed by atoms with Gasteiger partial charge in [-0.25, -0.2) is 22.8 Å². The lowest BCUT2D eigenvalue weighted by molar-refractivity contribution is -0.0499. The Morgan fingerprint density at radius 3 is 2.70 bits per heavy atom. The fourth-order valence-electron chi connectivity index (χ4n) is 2.98. The number of fused-ring (bicyclic) bond motifs is 1. The maximum Gasteiger partial charge on any atom is 0.387 e.